The van der Waals surface area contributed by atoms with Gasteiger partial charge >= 0.3 is 6.03 Å². The molecular formula is C27H20N4O5. The molecule has 9 heteroatoms. The molecule has 0 radical (unpaired) electrons. The summed E-state index contributed by atoms with van der Waals surface area (Å²) in [6.07, 6.45) is 3.30. The predicted octanol–water partition coefficient (Wildman–Crippen LogP) is 4.57. The highest BCUT2D eigenvalue weighted by Gasteiger charge is 2.37. The van der Waals surface area contributed by atoms with E-state index in [2.05, 4.69) is 5.32 Å². The van der Waals surface area contributed by atoms with Crippen LogP contribution in [0.25, 0.3) is 17.0 Å². The molecule has 0 saturated carbocycles. The quantitative estimate of drug-likeness (QED) is 0.194. The lowest BCUT2D eigenvalue weighted by Crippen LogP contribution is -2.54. The first-order valence-corrected chi connectivity index (χ1v) is 11.1. The zero-order valence-electron chi connectivity index (χ0n) is 19.2. The zero-order valence-corrected chi connectivity index (χ0v) is 19.2. The number of aromatic nitrogens is 1. The summed E-state index contributed by atoms with van der Waals surface area (Å²) in [5.74, 6) is -1.47. The Labute approximate surface area is 205 Å². The van der Waals surface area contributed by atoms with E-state index in [1.807, 2.05) is 35.0 Å². The second kappa shape index (κ2) is 8.95. The number of fused-ring (bicyclic) bond motifs is 1. The molecule has 2 heterocycles. The normalized spacial score (nSPS) is 15.0. The number of nitrogens with zero attached hydrogens (tertiary/aromatic N) is 3. The van der Waals surface area contributed by atoms with Crippen molar-refractivity contribution < 1.29 is 19.3 Å². The number of urea groups is 1. The molecule has 5 rings (SSSR count). The molecule has 178 valence electrons. The van der Waals surface area contributed by atoms with Crippen LogP contribution in [0.1, 0.15) is 16.7 Å². The summed E-state index contributed by atoms with van der Waals surface area (Å²) in [6.45, 7) is 2.21. The molecule has 1 aliphatic rings. The second-order valence-electron chi connectivity index (χ2n) is 8.40. The van der Waals surface area contributed by atoms with Gasteiger partial charge in [0.1, 0.15) is 5.57 Å². The Bertz CT molecular complexity index is 1580. The van der Waals surface area contributed by atoms with Crippen molar-refractivity contribution in [3.63, 3.8) is 0 Å². The molecule has 9 nitrogen and oxygen atoms in total. The maximum absolute atomic E-state index is 13.3. The summed E-state index contributed by atoms with van der Waals surface area (Å²) in [5.41, 5.74) is 3.31. The number of aryl methyl sites for hydroxylation is 1. The molecule has 0 unspecified atom stereocenters. The van der Waals surface area contributed by atoms with Gasteiger partial charge in [-0.25, -0.2) is 9.69 Å². The number of non-ortho nitro benzene ring substituents is 1. The lowest BCUT2D eigenvalue weighted by Gasteiger charge is -2.27. The van der Waals surface area contributed by atoms with Gasteiger partial charge in [0.25, 0.3) is 17.5 Å². The highest BCUT2D eigenvalue weighted by atomic mass is 16.6. The number of benzene rings is 3. The zero-order chi connectivity index (χ0) is 25.4. The van der Waals surface area contributed by atoms with Crippen molar-refractivity contribution >= 4 is 46.2 Å². The van der Waals surface area contributed by atoms with Gasteiger partial charge in [-0.2, -0.15) is 0 Å². The molecule has 4 amide bonds. The third-order valence-electron chi connectivity index (χ3n) is 6.08. The van der Waals surface area contributed by atoms with E-state index in [0.717, 1.165) is 26.9 Å². The molecule has 0 atom stereocenters. The van der Waals surface area contributed by atoms with E-state index >= 15 is 0 Å². The highest BCUT2D eigenvalue weighted by Crippen LogP contribution is 2.28. The number of carbonyl (C=O) groups is 3. The van der Waals surface area contributed by atoms with Crippen molar-refractivity contribution in [1.82, 2.24) is 9.88 Å². The van der Waals surface area contributed by atoms with Gasteiger partial charge in [-0.3, -0.25) is 25.0 Å². The number of rotatable bonds is 5. The van der Waals surface area contributed by atoms with Gasteiger partial charge in [-0.05, 0) is 36.3 Å². The van der Waals surface area contributed by atoms with E-state index < -0.39 is 22.8 Å². The standard InChI is InChI=1S/C27H20N4O5/c1-17-6-2-4-8-23(17)30-26(33)22(25(32)28-27(30)34)14-19-16-29(24-9-5-3-7-21(19)24)15-18-10-12-20(13-11-18)31(35)36/h2-14,16H,15H2,1H3,(H,28,32,34)/b22-14+. The number of barbiturate groups is 1. The summed E-state index contributed by atoms with van der Waals surface area (Å²) in [5, 5.41) is 14.0. The number of nitro benzene ring substituents is 1. The summed E-state index contributed by atoms with van der Waals surface area (Å²) in [4.78, 5) is 50.1. The molecule has 1 fully saturated rings. The van der Waals surface area contributed by atoms with Crippen molar-refractivity contribution in [3.8, 4) is 0 Å². The van der Waals surface area contributed by atoms with Gasteiger partial charge in [0.15, 0.2) is 0 Å². The predicted molar refractivity (Wildman–Crippen MR) is 134 cm³/mol. The van der Waals surface area contributed by atoms with Crippen molar-refractivity contribution in [2.24, 2.45) is 0 Å². The first kappa shape index (κ1) is 22.7. The fourth-order valence-corrected chi connectivity index (χ4v) is 4.29. The van der Waals surface area contributed by atoms with Gasteiger partial charge in [0, 0.05) is 41.3 Å². The van der Waals surface area contributed by atoms with Gasteiger partial charge < -0.3 is 4.57 Å². The molecule has 3 aromatic carbocycles. The molecular weight excluding hydrogens is 460 g/mol. The third-order valence-corrected chi connectivity index (χ3v) is 6.08. The average Bonchev–Trinajstić information content (AvgIpc) is 3.20. The monoisotopic (exact) mass is 480 g/mol. The van der Waals surface area contributed by atoms with Gasteiger partial charge in [-0.15, -0.1) is 0 Å². The van der Waals surface area contributed by atoms with E-state index in [9.17, 15) is 24.5 Å². The maximum Gasteiger partial charge on any atom is 0.335 e. The number of para-hydroxylation sites is 2. The second-order valence-corrected chi connectivity index (χ2v) is 8.40. The summed E-state index contributed by atoms with van der Waals surface area (Å²) in [7, 11) is 0. The van der Waals surface area contributed by atoms with Crippen LogP contribution in [-0.4, -0.2) is 27.3 Å². The lowest BCUT2D eigenvalue weighted by atomic mass is 10.1. The molecule has 1 aromatic heterocycles. The number of nitrogens with one attached hydrogen (secondary N) is 1. The largest absolute Gasteiger partial charge is 0.342 e. The van der Waals surface area contributed by atoms with Gasteiger partial charge in [0.2, 0.25) is 0 Å². The van der Waals surface area contributed by atoms with Crippen molar-refractivity contribution in [2.75, 3.05) is 4.90 Å². The smallest absolute Gasteiger partial charge is 0.335 e. The minimum Gasteiger partial charge on any atom is -0.342 e. The van der Waals surface area contributed by atoms with Crippen LogP contribution in [0.3, 0.4) is 0 Å². The Morgan fingerprint density at radius 3 is 2.36 bits per heavy atom. The Kier molecular flexibility index (Phi) is 5.65. The van der Waals surface area contributed by atoms with E-state index in [1.165, 1.54) is 18.2 Å². The van der Waals surface area contributed by atoms with Crippen LogP contribution in [0.2, 0.25) is 0 Å². The Morgan fingerprint density at radius 1 is 0.944 bits per heavy atom. The van der Waals surface area contributed by atoms with Crippen LogP contribution >= 0.6 is 0 Å². The minimum absolute atomic E-state index is 0.0103. The van der Waals surface area contributed by atoms with E-state index in [1.54, 1.807) is 43.3 Å². The molecule has 1 aliphatic heterocycles. The fraction of sp³-hybridized carbons (Fsp3) is 0.0741. The van der Waals surface area contributed by atoms with Crippen LogP contribution in [0, 0.1) is 17.0 Å². The minimum atomic E-state index is -0.794. The van der Waals surface area contributed by atoms with E-state index in [4.69, 9.17) is 0 Å². The number of hydrogen-bond acceptors (Lipinski definition) is 5. The molecule has 0 spiro atoms. The van der Waals surface area contributed by atoms with Crippen LogP contribution in [0.5, 0.6) is 0 Å². The van der Waals surface area contributed by atoms with Crippen molar-refractivity contribution in [2.45, 2.75) is 13.5 Å². The average molecular weight is 480 g/mol. The number of hydrogen-bond donors (Lipinski definition) is 1. The SMILES string of the molecule is Cc1ccccc1N1C(=O)NC(=O)/C(=C\c2cn(Cc3ccc([N+](=O)[O-])cc3)c3ccccc23)C1=O. The third kappa shape index (κ3) is 4.03. The molecule has 36 heavy (non-hydrogen) atoms. The summed E-state index contributed by atoms with van der Waals surface area (Å²) in [6, 6.07) is 20.0. The Morgan fingerprint density at radius 2 is 1.64 bits per heavy atom. The molecule has 0 aliphatic carbocycles. The topological polar surface area (TPSA) is 115 Å². The summed E-state index contributed by atoms with van der Waals surface area (Å²) < 4.78 is 1.94. The highest BCUT2D eigenvalue weighted by molar-refractivity contribution is 6.39. The van der Waals surface area contributed by atoms with E-state index in [0.29, 0.717) is 17.8 Å². The number of imide groups is 2. The van der Waals surface area contributed by atoms with Crippen molar-refractivity contribution in [1.29, 1.82) is 0 Å². The number of amides is 4. The maximum atomic E-state index is 13.3. The van der Waals surface area contributed by atoms with Crippen LogP contribution in [-0.2, 0) is 16.1 Å². The Balaban J connectivity index is 1.55. The Hall–Kier alpha value is -5.05. The first-order valence-electron chi connectivity index (χ1n) is 11.1. The summed E-state index contributed by atoms with van der Waals surface area (Å²) >= 11 is 0. The molecule has 1 N–H and O–H groups in total. The van der Waals surface area contributed by atoms with Crippen LogP contribution in [0.15, 0.2) is 84.6 Å². The van der Waals surface area contributed by atoms with Crippen LogP contribution < -0.4 is 10.2 Å². The van der Waals surface area contributed by atoms with Crippen molar-refractivity contribution in [3.05, 3.63) is 111 Å². The van der Waals surface area contributed by atoms with Gasteiger partial charge in [-0.1, -0.05) is 48.5 Å². The van der Waals surface area contributed by atoms with E-state index in [-0.39, 0.29) is 11.3 Å². The number of anilines is 1. The molecule has 0 bridgehead atoms. The molecule has 1 saturated heterocycles. The fourth-order valence-electron chi connectivity index (χ4n) is 4.29. The first-order chi connectivity index (χ1) is 17.3. The lowest BCUT2D eigenvalue weighted by molar-refractivity contribution is -0.384. The van der Waals surface area contributed by atoms with Gasteiger partial charge in [0.05, 0.1) is 10.6 Å². The number of nitro groups is 1. The number of carbonyl (C=O) groups excluding carboxylic acids is 3. The van der Waals surface area contributed by atoms with Crippen LogP contribution in [0.4, 0.5) is 16.2 Å². The molecule has 4 aromatic rings.